The van der Waals surface area contributed by atoms with E-state index in [0.29, 0.717) is 31.9 Å². The Hall–Kier alpha value is -1.56. The first kappa shape index (κ1) is 17.5. The normalized spacial score (nSPS) is 20.1. The molecule has 1 aliphatic heterocycles. The third-order valence-corrected chi connectivity index (χ3v) is 2.78. The molecule has 6 heteroatoms. The lowest BCUT2D eigenvalue weighted by Crippen LogP contribution is -2.47. The molecule has 1 aliphatic rings. The Kier molecular flexibility index (Phi) is 6.20. The van der Waals surface area contributed by atoms with Gasteiger partial charge in [-0.05, 0) is 40.7 Å². The van der Waals surface area contributed by atoms with Gasteiger partial charge in [-0.15, -0.1) is 0 Å². The lowest BCUT2D eigenvalue weighted by molar-refractivity contribution is -0.138. The minimum atomic E-state index is -0.526. The number of hydrogen-bond donors (Lipinski definition) is 0. The molecule has 0 spiro atoms. The highest BCUT2D eigenvalue weighted by molar-refractivity contribution is 5.87. The van der Waals surface area contributed by atoms with Crippen molar-refractivity contribution in [3.8, 4) is 0 Å². The summed E-state index contributed by atoms with van der Waals surface area (Å²) in [6.45, 7) is 10.5. The summed E-state index contributed by atoms with van der Waals surface area (Å²) in [6.07, 6.45) is 1.00. The molecule has 120 valence electrons. The monoisotopic (exact) mass is 299 g/mol. The van der Waals surface area contributed by atoms with Crippen LogP contribution in [0.2, 0.25) is 0 Å². The number of carbonyl (C=O) groups excluding carboxylic acids is 2. The topological polar surface area (TPSA) is 65.1 Å². The van der Waals surface area contributed by atoms with Crippen molar-refractivity contribution in [3.63, 3.8) is 0 Å². The van der Waals surface area contributed by atoms with Crippen LogP contribution in [0.4, 0.5) is 4.79 Å². The fourth-order valence-electron chi connectivity index (χ4n) is 1.86. The van der Waals surface area contributed by atoms with E-state index >= 15 is 0 Å². The van der Waals surface area contributed by atoms with Gasteiger partial charge in [0.05, 0.1) is 25.9 Å². The maximum absolute atomic E-state index is 12.0. The molecule has 1 atom stereocenters. The van der Waals surface area contributed by atoms with Crippen LogP contribution in [0.25, 0.3) is 0 Å². The van der Waals surface area contributed by atoms with Crippen LogP contribution < -0.4 is 0 Å². The summed E-state index contributed by atoms with van der Waals surface area (Å²) in [5.41, 5.74) is -0.0467. The first-order chi connectivity index (χ1) is 9.73. The van der Waals surface area contributed by atoms with Gasteiger partial charge < -0.3 is 19.1 Å². The lowest BCUT2D eigenvalue weighted by Gasteiger charge is -2.33. The Morgan fingerprint density at radius 2 is 2.05 bits per heavy atom. The summed E-state index contributed by atoms with van der Waals surface area (Å²) < 4.78 is 15.8. The average Bonchev–Trinajstić information content (AvgIpc) is 2.37. The van der Waals surface area contributed by atoms with Crippen molar-refractivity contribution in [2.24, 2.45) is 0 Å². The zero-order valence-electron chi connectivity index (χ0n) is 13.5. The molecule has 1 fully saturated rings. The Morgan fingerprint density at radius 1 is 1.38 bits per heavy atom. The summed E-state index contributed by atoms with van der Waals surface area (Å²) in [5, 5.41) is 0. The number of ether oxygens (including phenoxy) is 3. The van der Waals surface area contributed by atoms with Gasteiger partial charge in [0.2, 0.25) is 0 Å². The number of morpholine rings is 1. The van der Waals surface area contributed by atoms with Crippen LogP contribution in [0.15, 0.2) is 11.6 Å². The molecule has 0 aliphatic carbocycles. The van der Waals surface area contributed by atoms with Gasteiger partial charge in [0.25, 0.3) is 0 Å². The number of carbonyl (C=O) groups is 2. The second-order valence-electron chi connectivity index (χ2n) is 5.91. The summed E-state index contributed by atoms with van der Waals surface area (Å²) in [5.74, 6) is -0.365. The summed E-state index contributed by atoms with van der Waals surface area (Å²) >= 11 is 0. The first-order valence-corrected chi connectivity index (χ1v) is 7.18. The molecule has 0 N–H and O–H groups in total. The van der Waals surface area contributed by atoms with Crippen LogP contribution >= 0.6 is 0 Å². The fraction of sp³-hybridized carbons (Fsp3) is 0.733. The molecule has 0 aromatic heterocycles. The first-order valence-electron chi connectivity index (χ1n) is 7.18. The quantitative estimate of drug-likeness (QED) is 0.590. The molecule has 1 amide bonds. The van der Waals surface area contributed by atoms with Gasteiger partial charge >= 0.3 is 12.1 Å². The Morgan fingerprint density at radius 3 is 2.62 bits per heavy atom. The van der Waals surface area contributed by atoms with Crippen LogP contribution in [-0.4, -0.2) is 55.0 Å². The average molecular weight is 299 g/mol. The molecular weight excluding hydrogens is 274 g/mol. The largest absolute Gasteiger partial charge is 0.463 e. The summed E-state index contributed by atoms with van der Waals surface area (Å²) in [7, 11) is 0. The zero-order valence-corrected chi connectivity index (χ0v) is 13.5. The van der Waals surface area contributed by atoms with E-state index < -0.39 is 5.60 Å². The molecule has 0 radical (unpaired) electrons. The second kappa shape index (κ2) is 7.45. The summed E-state index contributed by atoms with van der Waals surface area (Å²) in [4.78, 5) is 25.2. The molecule has 0 bridgehead atoms. The molecule has 0 aromatic rings. The van der Waals surface area contributed by atoms with E-state index in [1.807, 2.05) is 20.8 Å². The Balaban J connectivity index is 2.62. The van der Waals surface area contributed by atoms with Crippen molar-refractivity contribution in [2.75, 3.05) is 26.3 Å². The van der Waals surface area contributed by atoms with Crippen molar-refractivity contribution in [1.29, 1.82) is 0 Å². The van der Waals surface area contributed by atoms with Crippen molar-refractivity contribution < 1.29 is 23.8 Å². The maximum Gasteiger partial charge on any atom is 0.410 e. The SMILES string of the molecule is CCOC(=O)/C(C)=C/[C@H]1CN(C(=O)OC(C)(C)C)CCO1. The van der Waals surface area contributed by atoms with E-state index in [2.05, 4.69) is 0 Å². The number of hydrogen-bond acceptors (Lipinski definition) is 5. The summed E-state index contributed by atoms with van der Waals surface area (Å²) in [6, 6.07) is 0. The van der Waals surface area contributed by atoms with Gasteiger partial charge in [-0.2, -0.15) is 0 Å². The number of amides is 1. The molecular formula is C15H25NO5. The van der Waals surface area contributed by atoms with Crippen LogP contribution in [0, 0.1) is 0 Å². The van der Waals surface area contributed by atoms with Gasteiger partial charge in [-0.3, -0.25) is 0 Å². The van der Waals surface area contributed by atoms with Gasteiger partial charge in [0.1, 0.15) is 5.60 Å². The smallest absolute Gasteiger partial charge is 0.410 e. The van der Waals surface area contributed by atoms with E-state index in [4.69, 9.17) is 14.2 Å². The number of esters is 1. The molecule has 0 aromatic carbocycles. The maximum atomic E-state index is 12.0. The predicted octanol–water partition coefficient (Wildman–Crippen LogP) is 2.13. The molecule has 1 heterocycles. The fourth-order valence-corrected chi connectivity index (χ4v) is 1.86. The van der Waals surface area contributed by atoms with Crippen LogP contribution in [0.1, 0.15) is 34.6 Å². The molecule has 21 heavy (non-hydrogen) atoms. The van der Waals surface area contributed by atoms with Crippen LogP contribution in [-0.2, 0) is 19.0 Å². The Bertz CT molecular complexity index is 411. The molecule has 1 saturated heterocycles. The molecule has 0 unspecified atom stereocenters. The zero-order chi connectivity index (χ0) is 16.0. The van der Waals surface area contributed by atoms with E-state index in [0.717, 1.165) is 0 Å². The van der Waals surface area contributed by atoms with Crippen LogP contribution in [0.3, 0.4) is 0 Å². The van der Waals surface area contributed by atoms with Crippen LogP contribution in [0.5, 0.6) is 0 Å². The number of nitrogens with zero attached hydrogens (tertiary/aromatic N) is 1. The van der Waals surface area contributed by atoms with Gasteiger partial charge in [-0.25, -0.2) is 9.59 Å². The lowest BCUT2D eigenvalue weighted by atomic mass is 10.2. The van der Waals surface area contributed by atoms with Crippen molar-refractivity contribution >= 4 is 12.1 Å². The third-order valence-electron chi connectivity index (χ3n) is 2.78. The van der Waals surface area contributed by atoms with E-state index in [1.165, 1.54) is 0 Å². The highest BCUT2D eigenvalue weighted by atomic mass is 16.6. The van der Waals surface area contributed by atoms with E-state index in [1.54, 1.807) is 24.8 Å². The van der Waals surface area contributed by atoms with Crippen molar-refractivity contribution in [2.45, 2.75) is 46.3 Å². The van der Waals surface area contributed by atoms with Crippen molar-refractivity contribution in [3.05, 3.63) is 11.6 Å². The van der Waals surface area contributed by atoms with Gasteiger partial charge in [0, 0.05) is 12.1 Å². The third kappa shape index (κ3) is 6.16. The van der Waals surface area contributed by atoms with Gasteiger partial charge in [0.15, 0.2) is 0 Å². The van der Waals surface area contributed by atoms with Gasteiger partial charge in [-0.1, -0.05) is 0 Å². The molecule has 0 saturated carbocycles. The second-order valence-corrected chi connectivity index (χ2v) is 5.91. The highest BCUT2D eigenvalue weighted by Gasteiger charge is 2.27. The minimum absolute atomic E-state index is 0.323. The van der Waals surface area contributed by atoms with E-state index in [-0.39, 0.29) is 18.2 Å². The van der Waals surface area contributed by atoms with Crippen molar-refractivity contribution in [1.82, 2.24) is 4.90 Å². The predicted molar refractivity (Wildman–Crippen MR) is 77.9 cm³/mol. The van der Waals surface area contributed by atoms with E-state index in [9.17, 15) is 9.59 Å². The highest BCUT2D eigenvalue weighted by Crippen LogP contribution is 2.14. The molecule has 6 nitrogen and oxygen atoms in total. The Labute approximate surface area is 126 Å². The molecule has 1 rings (SSSR count). The standard InChI is InChI=1S/C15H25NO5/c1-6-19-13(17)11(2)9-12-10-16(7-8-20-12)14(18)21-15(3,4)5/h9,12H,6-8,10H2,1-5H3/b11-9+/t12-/m0/s1. The minimum Gasteiger partial charge on any atom is -0.463 e. The number of rotatable bonds is 3.